The molecule has 3 heterocycles. The zero-order valence-electron chi connectivity index (χ0n) is 13.6. The third-order valence-corrected chi connectivity index (χ3v) is 4.56. The van der Waals surface area contributed by atoms with Crippen LogP contribution < -0.4 is 10.6 Å². The molecule has 0 bridgehead atoms. The van der Waals surface area contributed by atoms with E-state index in [1.807, 2.05) is 12.1 Å². The van der Waals surface area contributed by atoms with Crippen molar-refractivity contribution in [3.8, 4) is 0 Å². The molecule has 0 aromatic carbocycles. The first-order valence-electron chi connectivity index (χ1n) is 8.35. The normalized spacial score (nSPS) is 14.8. The van der Waals surface area contributed by atoms with Gasteiger partial charge in [0.1, 0.15) is 11.5 Å². The van der Waals surface area contributed by atoms with Crippen LogP contribution in [0, 0.1) is 5.82 Å². The number of urea groups is 1. The zero-order valence-corrected chi connectivity index (χ0v) is 13.6. The maximum absolute atomic E-state index is 13.3. The lowest BCUT2D eigenvalue weighted by Crippen LogP contribution is -2.19. The quantitative estimate of drug-likeness (QED) is 0.661. The first-order chi connectivity index (χ1) is 12.2. The number of anilines is 2. The fourth-order valence-corrected chi connectivity index (χ4v) is 3.31. The summed E-state index contributed by atoms with van der Waals surface area (Å²) >= 11 is 0. The van der Waals surface area contributed by atoms with Crippen molar-refractivity contribution in [2.24, 2.45) is 0 Å². The summed E-state index contributed by atoms with van der Waals surface area (Å²) in [5, 5.41) is 5.95. The van der Waals surface area contributed by atoms with Gasteiger partial charge in [-0.25, -0.2) is 14.2 Å². The van der Waals surface area contributed by atoms with Crippen molar-refractivity contribution >= 4 is 28.4 Å². The number of rotatable bonds is 3. The molecular formula is C18H18FN5O. The standard InChI is InChI=1S/C18H18FN5O/c19-12-7-14-16(10-22-17(14)21-8-12)24-18(25)23-13-5-6-15(20-9-13)11-3-1-2-4-11/h5-11H,1-4H2,(H,21,22)(H2,23,24,25). The highest BCUT2D eigenvalue weighted by molar-refractivity contribution is 6.05. The molecule has 4 rings (SSSR count). The Labute approximate surface area is 143 Å². The van der Waals surface area contributed by atoms with Crippen LogP contribution in [0.2, 0.25) is 0 Å². The van der Waals surface area contributed by atoms with Crippen molar-refractivity contribution < 1.29 is 9.18 Å². The SMILES string of the molecule is O=C(Nc1ccc(C2CCCC2)nc1)Nc1c[nH]c2ncc(F)cc12. The Morgan fingerprint density at radius 2 is 2.00 bits per heavy atom. The van der Waals surface area contributed by atoms with Gasteiger partial charge in [-0.15, -0.1) is 0 Å². The minimum Gasteiger partial charge on any atom is -0.344 e. The summed E-state index contributed by atoms with van der Waals surface area (Å²) in [6, 6.07) is 4.74. The molecule has 6 nitrogen and oxygen atoms in total. The average molecular weight is 339 g/mol. The number of amides is 2. The second-order valence-corrected chi connectivity index (χ2v) is 6.28. The minimum atomic E-state index is -0.456. The molecule has 0 atom stereocenters. The largest absolute Gasteiger partial charge is 0.344 e. The highest BCUT2D eigenvalue weighted by atomic mass is 19.1. The van der Waals surface area contributed by atoms with Crippen LogP contribution in [0.5, 0.6) is 0 Å². The van der Waals surface area contributed by atoms with Gasteiger partial charge >= 0.3 is 6.03 Å². The van der Waals surface area contributed by atoms with Crippen LogP contribution in [0.4, 0.5) is 20.6 Å². The molecule has 1 saturated carbocycles. The monoisotopic (exact) mass is 339 g/mol. The van der Waals surface area contributed by atoms with E-state index in [2.05, 4.69) is 25.6 Å². The van der Waals surface area contributed by atoms with Gasteiger partial charge in [0.2, 0.25) is 0 Å². The number of nitrogens with one attached hydrogen (secondary N) is 3. The second kappa shape index (κ2) is 6.51. The van der Waals surface area contributed by atoms with Gasteiger partial charge in [-0.3, -0.25) is 4.98 Å². The van der Waals surface area contributed by atoms with E-state index in [-0.39, 0.29) is 0 Å². The third kappa shape index (κ3) is 3.31. The molecule has 7 heteroatoms. The van der Waals surface area contributed by atoms with E-state index in [9.17, 15) is 9.18 Å². The third-order valence-electron chi connectivity index (χ3n) is 4.56. The van der Waals surface area contributed by atoms with Crippen LogP contribution in [0.15, 0.2) is 36.8 Å². The van der Waals surface area contributed by atoms with E-state index in [0.717, 1.165) is 11.9 Å². The summed E-state index contributed by atoms with van der Waals surface area (Å²) in [7, 11) is 0. The molecule has 128 valence electrons. The molecule has 3 N–H and O–H groups in total. The van der Waals surface area contributed by atoms with Crippen molar-refractivity contribution in [1.82, 2.24) is 15.0 Å². The van der Waals surface area contributed by atoms with Gasteiger partial charge in [0.05, 0.1) is 23.8 Å². The predicted octanol–water partition coefficient (Wildman–Crippen LogP) is 4.40. The fraction of sp³-hybridized carbons (Fsp3) is 0.278. The predicted molar refractivity (Wildman–Crippen MR) is 94.1 cm³/mol. The van der Waals surface area contributed by atoms with Crippen LogP contribution in [0.3, 0.4) is 0 Å². The Morgan fingerprint density at radius 3 is 2.76 bits per heavy atom. The number of aromatic nitrogens is 3. The van der Waals surface area contributed by atoms with Gasteiger partial charge in [0, 0.05) is 23.2 Å². The Balaban J connectivity index is 1.43. The number of fused-ring (bicyclic) bond motifs is 1. The van der Waals surface area contributed by atoms with E-state index in [0.29, 0.717) is 28.3 Å². The lowest BCUT2D eigenvalue weighted by molar-refractivity contribution is 0.262. The zero-order chi connectivity index (χ0) is 17.2. The van der Waals surface area contributed by atoms with Crippen LogP contribution in [0.25, 0.3) is 11.0 Å². The molecular weight excluding hydrogens is 321 g/mol. The number of hydrogen-bond acceptors (Lipinski definition) is 3. The lowest BCUT2D eigenvalue weighted by Gasteiger charge is -2.10. The fourth-order valence-electron chi connectivity index (χ4n) is 3.31. The van der Waals surface area contributed by atoms with Crippen LogP contribution in [-0.2, 0) is 0 Å². The molecule has 1 aliphatic rings. The van der Waals surface area contributed by atoms with E-state index in [4.69, 9.17) is 0 Å². The van der Waals surface area contributed by atoms with Crippen molar-refractivity contribution in [2.45, 2.75) is 31.6 Å². The van der Waals surface area contributed by atoms with Crippen molar-refractivity contribution in [2.75, 3.05) is 10.6 Å². The van der Waals surface area contributed by atoms with Crippen LogP contribution in [0.1, 0.15) is 37.3 Å². The van der Waals surface area contributed by atoms with Gasteiger partial charge < -0.3 is 15.6 Å². The first-order valence-corrected chi connectivity index (χ1v) is 8.35. The van der Waals surface area contributed by atoms with Gasteiger partial charge in [-0.2, -0.15) is 0 Å². The molecule has 25 heavy (non-hydrogen) atoms. The Morgan fingerprint density at radius 1 is 1.16 bits per heavy atom. The Bertz CT molecular complexity index is 899. The van der Waals surface area contributed by atoms with E-state index in [1.165, 1.54) is 31.7 Å². The molecule has 0 unspecified atom stereocenters. The maximum Gasteiger partial charge on any atom is 0.323 e. The molecule has 3 aromatic heterocycles. The number of aromatic amines is 1. The number of carbonyl (C=O) groups is 1. The summed E-state index contributed by atoms with van der Waals surface area (Å²) < 4.78 is 13.3. The summed E-state index contributed by atoms with van der Waals surface area (Å²) in [6.45, 7) is 0. The van der Waals surface area contributed by atoms with Gasteiger partial charge in [0.15, 0.2) is 0 Å². The van der Waals surface area contributed by atoms with Gasteiger partial charge in [0.25, 0.3) is 0 Å². The summed E-state index contributed by atoms with van der Waals surface area (Å²) in [6.07, 6.45) is 9.27. The van der Waals surface area contributed by atoms with Crippen molar-refractivity contribution in [3.05, 3.63) is 48.3 Å². The van der Waals surface area contributed by atoms with Gasteiger partial charge in [-0.1, -0.05) is 12.8 Å². The number of H-pyrrole nitrogens is 1. The van der Waals surface area contributed by atoms with Crippen LogP contribution >= 0.6 is 0 Å². The number of carbonyl (C=O) groups excluding carboxylic acids is 1. The smallest absolute Gasteiger partial charge is 0.323 e. The molecule has 1 aliphatic carbocycles. The van der Waals surface area contributed by atoms with Crippen molar-refractivity contribution in [1.29, 1.82) is 0 Å². The lowest BCUT2D eigenvalue weighted by atomic mass is 10.0. The summed E-state index contributed by atoms with van der Waals surface area (Å²) in [5.41, 5.74) is 2.68. The molecule has 0 aliphatic heterocycles. The van der Waals surface area contributed by atoms with Crippen LogP contribution in [-0.4, -0.2) is 21.0 Å². The molecule has 0 radical (unpaired) electrons. The highest BCUT2D eigenvalue weighted by Gasteiger charge is 2.18. The van der Waals surface area contributed by atoms with E-state index < -0.39 is 11.8 Å². The molecule has 2 amide bonds. The molecule has 0 saturated heterocycles. The minimum absolute atomic E-state index is 0.416. The highest BCUT2D eigenvalue weighted by Crippen LogP contribution is 2.33. The number of pyridine rings is 2. The second-order valence-electron chi connectivity index (χ2n) is 6.28. The van der Waals surface area contributed by atoms with E-state index in [1.54, 1.807) is 12.4 Å². The average Bonchev–Trinajstić information content (AvgIpc) is 3.26. The first kappa shape index (κ1) is 15.6. The Hall–Kier alpha value is -2.96. The summed E-state index contributed by atoms with van der Waals surface area (Å²) in [4.78, 5) is 23.5. The topological polar surface area (TPSA) is 82.7 Å². The number of hydrogen-bond donors (Lipinski definition) is 3. The maximum atomic E-state index is 13.3. The van der Waals surface area contributed by atoms with Crippen molar-refractivity contribution in [3.63, 3.8) is 0 Å². The number of nitrogens with zero attached hydrogens (tertiary/aromatic N) is 2. The van der Waals surface area contributed by atoms with Gasteiger partial charge in [-0.05, 0) is 31.0 Å². The summed E-state index contributed by atoms with van der Waals surface area (Å²) in [5.74, 6) is 0.0822. The molecule has 1 fully saturated rings. The molecule has 0 spiro atoms. The van der Waals surface area contributed by atoms with E-state index >= 15 is 0 Å². The molecule has 3 aromatic rings. The Kier molecular flexibility index (Phi) is 4.05. The number of halogens is 1.